The second-order valence-electron chi connectivity index (χ2n) is 6.95. The Hall–Kier alpha value is -3.57. The number of hydrazone groups is 1. The summed E-state index contributed by atoms with van der Waals surface area (Å²) in [4.78, 5) is 12.4. The fourth-order valence-corrected chi connectivity index (χ4v) is 3.67. The summed E-state index contributed by atoms with van der Waals surface area (Å²) >= 11 is 5.91. The topological polar surface area (TPSA) is 66.6 Å². The lowest BCUT2D eigenvalue weighted by Crippen LogP contribution is -2.17. The smallest absolute Gasteiger partial charge is 0.275 e. The lowest BCUT2D eigenvalue weighted by molar-refractivity contribution is 0.0952. The van der Waals surface area contributed by atoms with Crippen molar-refractivity contribution in [3.05, 3.63) is 100 Å². The average Bonchev–Trinajstić information content (AvgIpc) is 3.02. The molecule has 4 aromatic rings. The van der Waals surface area contributed by atoms with Crippen LogP contribution in [0.4, 0.5) is 0 Å². The van der Waals surface area contributed by atoms with Gasteiger partial charge in [0.2, 0.25) is 0 Å². The van der Waals surface area contributed by atoms with E-state index in [1.54, 1.807) is 6.21 Å². The zero-order chi connectivity index (χ0) is 21.1. The Kier molecular flexibility index (Phi) is 5.55. The number of hydrogen-bond acceptors (Lipinski definition) is 3. The van der Waals surface area contributed by atoms with Crippen LogP contribution in [-0.2, 0) is 6.54 Å². The number of fused-ring (bicyclic) bond motifs is 1. The molecule has 2 N–H and O–H groups in total. The molecule has 30 heavy (non-hydrogen) atoms. The van der Waals surface area contributed by atoms with Crippen LogP contribution in [0, 0.1) is 6.92 Å². The molecule has 0 unspecified atom stereocenters. The summed E-state index contributed by atoms with van der Waals surface area (Å²) in [7, 11) is 0. The van der Waals surface area contributed by atoms with Gasteiger partial charge in [-0.2, -0.15) is 5.10 Å². The van der Waals surface area contributed by atoms with E-state index in [4.69, 9.17) is 11.6 Å². The quantitative estimate of drug-likeness (QED) is 0.349. The number of amides is 1. The Morgan fingerprint density at radius 3 is 2.63 bits per heavy atom. The average molecular weight is 418 g/mol. The predicted octanol–water partition coefficient (Wildman–Crippen LogP) is 5.12. The van der Waals surface area contributed by atoms with Gasteiger partial charge in [0.15, 0.2) is 0 Å². The molecule has 6 heteroatoms. The molecule has 0 saturated heterocycles. The van der Waals surface area contributed by atoms with E-state index in [0.29, 0.717) is 5.02 Å². The highest BCUT2D eigenvalue weighted by Gasteiger charge is 2.14. The van der Waals surface area contributed by atoms with Crippen molar-refractivity contribution in [2.75, 3.05) is 0 Å². The minimum Gasteiger partial charge on any atom is -0.507 e. The van der Waals surface area contributed by atoms with Crippen LogP contribution in [0.5, 0.6) is 5.75 Å². The Bertz CT molecular complexity index is 1250. The first-order valence-electron chi connectivity index (χ1n) is 9.48. The Labute approximate surface area is 179 Å². The van der Waals surface area contributed by atoms with Gasteiger partial charge in [0, 0.05) is 33.7 Å². The van der Waals surface area contributed by atoms with Crippen molar-refractivity contribution in [1.29, 1.82) is 0 Å². The van der Waals surface area contributed by atoms with Crippen molar-refractivity contribution < 1.29 is 9.90 Å². The highest BCUT2D eigenvalue weighted by atomic mass is 35.5. The molecule has 0 aliphatic rings. The summed E-state index contributed by atoms with van der Waals surface area (Å²) in [5.41, 5.74) is 6.81. The van der Waals surface area contributed by atoms with E-state index in [9.17, 15) is 9.90 Å². The number of hydrogen-bond donors (Lipinski definition) is 2. The van der Waals surface area contributed by atoms with E-state index in [1.807, 2.05) is 43.3 Å². The Balaban J connectivity index is 1.63. The van der Waals surface area contributed by atoms with Crippen molar-refractivity contribution in [2.24, 2.45) is 5.10 Å². The molecule has 1 aromatic heterocycles. The molecule has 1 heterocycles. The molecule has 5 nitrogen and oxygen atoms in total. The molecular formula is C24H20ClN3O2. The highest BCUT2D eigenvalue weighted by molar-refractivity contribution is 6.31. The van der Waals surface area contributed by atoms with Gasteiger partial charge < -0.3 is 9.67 Å². The number of carbonyl (C=O) groups excluding carboxylic acids is 1. The molecule has 0 bridgehead atoms. The van der Waals surface area contributed by atoms with Gasteiger partial charge in [0.05, 0.1) is 11.8 Å². The molecule has 3 aromatic carbocycles. The fraction of sp³-hybridized carbons (Fsp3) is 0.0833. The van der Waals surface area contributed by atoms with Crippen LogP contribution in [0.25, 0.3) is 10.9 Å². The van der Waals surface area contributed by atoms with Crippen LogP contribution in [0.15, 0.2) is 77.9 Å². The van der Waals surface area contributed by atoms with Crippen molar-refractivity contribution >= 4 is 34.6 Å². The predicted molar refractivity (Wildman–Crippen MR) is 120 cm³/mol. The number of carbonyl (C=O) groups is 1. The third-order valence-electron chi connectivity index (χ3n) is 5.03. The van der Waals surface area contributed by atoms with E-state index >= 15 is 0 Å². The number of rotatable bonds is 5. The number of para-hydroxylation sites is 1. The Morgan fingerprint density at radius 2 is 1.83 bits per heavy atom. The molecule has 0 spiro atoms. The minimum absolute atomic E-state index is 0.0721. The molecule has 0 saturated carbocycles. The molecule has 0 atom stereocenters. The molecule has 1 amide bonds. The first kappa shape index (κ1) is 19.7. The highest BCUT2D eigenvalue weighted by Crippen LogP contribution is 2.26. The minimum atomic E-state index is -0.531. The number of halogens is 1. The summed E-state index contributed by atoms with van der Waals surface area (Å²) in [6.07, 6.45) is 1.64. The molecular weight excluding hydrogens is 398 g/mol. The zero-order valence-electron chi connectivity index (χ0n) is 16.3. The van der Waals surface area contributed by atoms with Gasteiger partial charge in [-0.15, -0.1) is 0 Å². The van der Waals surface area contributed by atoms with Crippen LogP contribution in [0.3, 0.4) is 0 Å². The van der Waals surface area contributed by atoms with Crippen molar-refractivity contribution in [3.8, 4) is 5.75 Å². The van der Waals surface area contributed by atoms with Crippen molar-refractivity contribution in [2.45, 2.75) is 13.5 Å². The summed E-state index contributed by atoms with van der Waals surface area (Å²) in [6, 6.07) is 22.6. The summed E-state index contributed by atoms with van der Waals surface area (Å²) in [5.74, 6) is -0.681. The van der Waals surface area contributed by atoms with Crippen molar-refractivity contribution in [3.63, 3.8) is 0 Å². The van der Waals surface area contributed by atoms with Gasteiger partial charge in [-0.1, -0.05) is 60.1 Å². The summed E-state index contributed by atoms with van der Waals surface area (Å²) in [5, 5.41) is 15.4. The standard InChI is InChI=1S/C24H20ClN3O2/c1-16-21(14-26-27-24(30)20-13-18(25)11-12-23(20)29)19-9-5-6-10-22(19)28(16)15-17-7-3-2-4-8-17/h2-14,29H,15H2,1H3,(H,27,30). The number of benzene rings is 3. The largest absolute Gasteiger partial charge is 0.507 e. The second-order valence-corrected chi connectivity index (χ2v) is 7.39. The maximum atomic E-state index is 12.4. The third-order valence-corrected chi connectivity index (χ3v) is 5.26. The van der Waals surface area contributed by atoms with Crippen LogP contribution < -0.4 is 5.43 Å². The van der Waals surface area contributed by atoms with E-state index < -0.39 is 5.91 Å². The number of phenols is 1. The Morgan fingerprint density at radius 1 is 1.10 bits per heavy atom. The van der Waals surface area contributed by atoms with Crippen molar-refractivity contribution in [1.82, 2.24) is 9.99 Å². The SMILES string of the molecule is Cc1c(C=NNC(=O)c2cc(Cl)ccc2O)c2ccccc2n1Cc1ccccc1. The van der Waals surface area contributed by atoms with E-state index in [1.165, 1.54) is 23.8 Å². The maximum absolute atomic E-state index is 12.4. The lowest BCUT2D eigenvalue weighted by Gasteiger charge is -2.08. The van der Waals surface area contributed by atoms with Gasteiger partial charge in [-0.25, -0.2) is 5.43 Å². The van der Waals surface area contributed by atoms with E-state index in [0.717, 1.165) is 28.7 Å². The van der Waals surface area contributed by atoms with Crippen LogP contribution in [0.2, 0.25) is 5.02 Å². The molecule has 0 radical (unpaired) electrons. The van der Waals surface area contributed by atoms with Crippen LogP contribution >= 0.6 is 11.6 Å². The molecule has 4 rings (SSSR count). The van der Waals surface area contributed by atoms with Gasteiger partial charge >= 0.3 is 0 Å². The lowest BCUT2D eigenvalue weighted by atomic mass is 10.1. The van der Waals surface area contributed by atoms with Gasteiger partial charge in [-0.3, -0.25) is 4.79 Å². The first-order valence-corrected chi connectivity index (χ1v) is 9.86. The molecule has 0 fully saturated rings. The first-order chi connectivity index (χ1) is 14.5. The zero-order valence-corrected chi connectivity index (χ0v) is 17.1. The maximum Gasteiger partial charge on any atom is 0.275 e. The normalized spacial score (nSPS) is 11.3. The number of aromatic nitrogens is 1. The number of aromatic hydroxyl groups is 1. The number of nitrogens with zero attached hydrogens (tertiary/aromatic N) is 2. The third kappa shape index (κ3) is 3.93. The monoisotopic (exact) mass is 417 g/mol. The van der Waals surface area contributed by atoms with Crippen LogP contribution in [0.1, 0.15) is 27.2 Å². The summed E-state index contributed by atoms with van der Waals surface area (Å²) < 4.78 is 2.23. The number of phenolic OH excluding ortho intramolecular Hbond substituents is 1. The van der Waals surface area contributed by atoms with Gasteiger partial charge in [0.1, 0.15) is 5.75 Å². The molecule has 0 aliphatic carbocycles. The van der Waals surface area contributed by atoms with E-state index in [2.05, 4.69) is 33.3 Å². The molecule has 150 valence electrons. The van der Waals surface area contributed by atoms with Gasteiger partial charge in [0.25, 0.3) is 5.91 Å². The second kappa shape index (κ2) is 8.43. The van der Waals surface area contributed by atoms with E-state index in [-0.39, 0.29) is 11.3 Å². The van der Waals surface area contributed by atoms with Gasteiger partial charge in [-0.05, 0) is 36.8 Å². The number of nitrogens with one attached hydrogen (secondary N) is 1. The molecule has 0 aliphatic heterocycles. The summed E-state index contributed by atoms with van der Waals surface area (Å²) in [6.45, 7) is 2.78. The fourth-order valence-electron chi connectivity index (χ4n) is 3.50. The van der Waals surface area contributed by atoms with Crippen LogP contribution in [-0.4, -0.2) is 21.8 Å².